The summed E-state index contributed by atoms with van der Waals surface area (Å²) in [5.74, 6) is 0. The van der Waals surface area contributed by atoms with Gasteiger partial charge in [-0.15, -0.1) is 0 Å². The van der Waals surface area contributed by atoms with Gasteiger partial charge in [0.05, 0.1) is 12.0 Å². The first-order valence-corrected chi connectivity index (χ1v) is 7.53. The van der Waals surface area contributed by atoms with E-state index in [-0.39, 0.29) is 0 Å². The van der Waals surface area contributed by atoms with Gasteiger partial charge < -0.3 is 9.88 Å². The minimum atomic E-state index is 0.333. The first-order valence-electron chi connectivity index (χ1n) is 6.73. The van der Waals surface area contributed by atoms with Gasteiger partial charge in [0.25, 0.3) is 0 Å². The van der Waals surface area contributed by atoms with Crippen molar-refractivity contribution in [3.05, 3.63) is 52.5 Å². The predicted octanol–water partition coefficient (Wildman–Crippen LogP) is 3.83. The van der Waals surface area contributed by atoms with E-state index in [0.29, 0.717) is 12.1 Å². The van der Waals surface area contributed by atoms with Crippen LogP contribution in [0.2, 0.25) is 0 Å². The van der Waals surface area contributed by atoms with Crippen LogP contribution in [0.5, 0.6) is 0 Å². The number of benzene rings is 1. The van der Waals surface area contributed by atoms with Gasteiger partial charge in [-0.2, -0.15) is 0 Å². The normalized spacial score (nSPS) is 16.5. The van der Waals surface area contributed by atoms with E-state index in [1.165, 1.54) is 24.1 Å². The van der Waals surface area contributed by atoms with Crippen LogP contribution in [0.3, 0.4) is 0 Å². The molecule has 1 fully saturated rings. The van der Waals surface area contributed by atoms with Crippen LogP contribution in [-0.2, 0) is 6.54 Å². The van der Waals surface area contributed by atoms with Crippen LogP contribution in [0.4, 0.5) is 0 Å². The molecule has 1 N–H and O–H groups in total. The van der Waals surface area contributed by atoms with Crippen LogP contribution >= 0.6 is 15.9 Å². The van der Waals surface area contributed by atoms with Crippen molar-refractivity contribution in [1.82, 2.24) is 14.9 Å². The average molecular weight is 320 g/mol. The van der Waals surface area contributed by atoms with E-state index in [1.54, 1.807) is 0 Å². The molecule has 3 rings (SSSR count). The maximum Gasteiger partial charge on any atom is 0.0951 e. The van der Waals surface area contributed by atoms with Crippen molar-refractivity contribution in [2.75, 3.05) is 0 Å². The fourth-order valence-corrected chi connectivity index (χ4v) is 2.72. The van der Waals surface area contributed by atoms with E-state index >= 15 is 0 Å². The number of nitrogens with zero attached hydrogens (tertiary/aromatic N) is 2. The van der Waals surface area contributed by atoms with Crippen molar-refractivity contribution in [3.63, 3.8) is 0 Å². The first-order chi connectivity index (χ1) is 9.24. The summed E-state index contributed by atoms with van der Waals surface area (Å²) in [5.41, 5.74) is 2.58. The molecule has 1 heterocycles. The Labute approximate surface area is 122 Å². The van der Waals surface area contributed by atoms with Gasteiger partial charge in [-0.1, -0.05) is 28.1 Å². The van der Waals surface area contributed by atoms with Crippen molar-refractivity contribution >= 4 is 15.9 Å². The largest absolute Gasteiger partial charge is 0.330 e. The van der Waals surface area contributed by atoms with Gasteiger partial charge in [0, 0.05) is 29.3 Å². The van der Waals surface area contributed by atoms with E-state index in [9.17, 15) is 0 Å². The van der Waals surface area contributed by atoms with Crippen LogP contribution < -0.4 is 5.32 Å². The third-order valence-electron chi connectivity index (χ3n) is 3.62. The van der Waals surface area contributed by atoms with Crippen molar-refractivity contribution in [2.45, 2.75) is 38.4 Å². The Morgan fingerprint density at radius 3 is 3.05 bits per heavy atom. The first kappa shape index (κ1) is 12.9. The van der Waals surface area contributed by atoms with Gasteiger partial charge in [-0.3, -0.25) is 0 Å². The van der Waals surface area contributed by atoms with Crippen molar-refractivity contribution in [1.29, 1.82) is 0 Å². The highest BCUT2D eigenvalue weighted by Crippen LogP contribution is 2.35. The quantitative estimate of drug-likeness (QED) is 0.907. The number of hydrogen-bond donors (Lipinski definition) is 1. The molecule has 0 radical (unpaired) electrons. The van der Waals surface area contributed by atoms with Crippen molar-refractivity contribution in [3.8, 4) is 0 Å². The van der Waals surface area contributed by atoms with Gasteiger partial charge in [-0.25, -0.2) is 4.98 Å². The van der Waals surface area contributed by atoms with Crippen LogP contribution in [0.15, 0.2) is 41.3 Å². The number of rotatable bonds is 5. The number of hydrogen-bond acceptors (Lipinski definition) is 2. The molecule has 0 bridgehead atoms. The second-order valence-electron chi connectivity index (χ2n) is 5.18. The number of halogens is 1. The van der Waals surface area contributed by atoms with E-state index < -0.39 is 0 Å². The molecule has 1 aliphatic rings. The summed E-state index contributed by atoms with van der Waals surface area (Å²) in [6.07, 6.45) is 6.52. The predicted molar refractivity (Wildman–Crippen MR) is 79.9 cm³/mol. The molecule has 0 aliphatic heterocycles. The van der Waals surface area contributed by atoms with Crippen LogP contribution in [0.25, 0.3) is 0 Å². The molecule has 100 valence electrons. The van der Waals surface area contributed by atoms with Gasteiger partial charge >= 0.3 is 0 Å². The zero-order valence-electron chi connectivity index (χ0n) is 11.0. The third-order valence-corrected chi connectivity index (χ3v) is 4.12. The molecule has 0 unspecified atom stereocenters. The summed E-state index contributed by atoms with van der Waals surface area (Å²) in [5, 5.41) is 3.57. The smallest absolute Gasteiger partial charge is 0.0951 e. The Bertz CT molecular complexity index is 560. The maximum atomic E-state index is 4.26. The Balaban J connectivity index is 1.63. The zero-order valence-corrected chi connectivity index (χ0v) is 12.6. The summed E-state index contributed by atoms with van der Waals surface area (Å²) in [6.45, 7) is 3.06. The van der Waals surface area contributed by atoms with E-state index in [4.69, 9.17) is 0 Å². The lowest BCUT2D eigenvalue weighted by Crippen LogP contribution is -2.19. The minimum Gasteiger partial charge on any atom is -0.330 e. The van der Waals surface area contributed by atoms with Gasteiger partial charge in [0.1, 0.15) is 0 Å². The van der Waals surface area contributed by atoms with E-state index in [2.05, 4.69) is 62.0 Å². The topological polar surface area (TPSA) is 29.9 Å². The fourth-order valence-electron chi connectivity index (χ4n) is 2.30. The number of aromatic nitrogens is 2. The van der Waals surface area contributed by atoms with Crippen LogP contribution in [0, 0.1) is 0 Å². The molecule has 3 nitrogen and oxygen atoms in total. The molecule has 2 aromatic rings. The highest BCUT2D eigenvalue weighted by atomic mass is 79.9. The number of nitrogens with one attached hydrogen (secondary N) is 1. The minimum absolute atomic E-state index is 0.333. The lowest BCUT2D eigenvalue weighted by molar-refractivity contribution is 0.547. The van der Waals surface area contributed by atoms with Crippen molar-refractivity contribution in [2.24, 2.45) is 0 Å². The second kappa shape index (κ2) is 5.47. The SMILES string of the molecule is C[C@H](NCc1cncn1C1CC1)c1cccc(Br)c1. The van der Waals surface area contributed by atoms with Crippen molar-refractivity contribution < 1.29 is 0 Å². The second-order valence-corrected chi connectivity index (χ2v) is 6.10. The Kier molecular flexibility index (Phi) is 3.71. The Morgan fingerprint density at radius 2 is 2.32 bits per heavy atom. The molecule has 0 spiro atoms. The van der Waals surface area contributed by atoms with Crippen LogP contribution in [0.1, 0.15) is 43.1 Å². The van der Waals surface area contributed by atoms with Crippen LogP contribution in [-0.4, -0.2) is 9.55 Å². The summed E-state index contributed by atoms with van der Waals surface area (Å²) >= 11 is 3.52. The molecule has 19 heavy (non-hydrogen) atoms. The Hall–Kier alpha value is -1.13. The fraction of sp³-hybridized carbons (Fsp3) is 0.400. The third kappa shape index (κ3) is 3.07. The maximum absolute atomic E-state index is 4.26. The molecule has 1 aromatic heterocycles. The molecule has 1 aliphatic carbocycles. The molecule has 0 saturated heterocycles. The highest BCUT2D eigenvalue weighted by Gasteiger charge is 2.25. The molecule has 0 amide bonds. The van der Waals surface area contributed by atoms with E-state index in [0.717, 1.165) is 11.0 Å². The van der Waals surface area contributed by atoms with Gasteiger partial charge in [0.2, 0.25) is 0 Å². The molecule has 1 atom stereocenters. The monoisotopic (exact) mass is 319 g/mol. The standard InChI is InChI=1S/C15H18BrN3/c1-11(12-3-2-4-13(16)7-12)18-9-15-8-17-10-19(15)14-5-6-14/h2-4,7-8,10-11,14,18H,5-6,9H2,1H3/t11-/m0/s1. The summed E-state index contributed by atoms with van der Waals surface area (Å²) in [4.78, 5) is 4.26. The zero-order chi connectivity index (χ0) is 13.2. The highest BCUT2D eigenvalue weighted by molar-refractivity contribution is 9.10. The van der Waals surface area contributed by atoms with E-state index in [1.807, 2.05) is 12.5 Å². The lowest BCUT2D eigenvalue weighted by Gasteiger charge is -2.15. The summed E-state index contributed by atoms with van der Waals surface area (Å²) in [7, 11) is 0. The molecule has 1 saturated carbocycles. The molecule has 4 heteroatoms. The summed E-state index contributed by atoms with van der Waals surface area (Å²) in [6, 6.07) is 9.47. The van der Waals surface area contributed by atoms with Gasteiger partial charge in [-0.05, 0) is 37.5 Å². The molecular weight excluding hydrogens is 302 g/mol. The number of imidazole rings is 1. The summed E-state index contributed by atoms with van der Waals surface area (Å²) < 4.78 is 3.43. The molecular formula is C15H18BrN3. The average Bonchev–Trinajstić information content (AvgIpc) is 3.15. The Morgan fingerprint density at radius 1 is 1.47 bits per heavy atom. The van der Waals surface area contributed by atoms with Gasteiger partial charge in [0.15, 0.2) is 0 Å². The molecule has 1 aromatic carbocycles. The lowest BCUT2D eigenvalue weighted by atomic mass is 10.1.